The minimum atomic E-state index is -1.14. The molecule has 0 saturated heterocycles. The summed E-state index contributed by atoms with van der Waals surface area (Å²) in [6, 6.07) is 6.55. The Morgan fingerprint density at radius 2 is 2.23 bits per heavy atom. The normalized spacial score (nSPS) is 12.1. The maximum atomic E-state index is 10.8. The van der Waals surface area contributed by atoms with E-state index < -0.39 is 16.9 Å². The van der Waals surface area contributed by atoms with E-state index in [0.29, 0.717) is 11.3 Å². The summed E-state index contributed by atoms with van der Waals surface area (Å²) in [6.45, 7) is 0. The summed E-state index contributed by atoms with van der Waals surface area (Å²) in [7, 11) is -1.14. The fourth-order valence-corrected chi connectivity index (χ4v) is 1.36. The number of carbonyl (C=O) groups excluding carboxylic acids is 1. The first kappa shape index (κ1) is 9.73. The number of rotatable bonds is 3. The lowest BCUT2D eigenvalue weighted by molar-refractivity contribution is 0.100. The zero-order chi connectivity index (χ0) is 9.84. The predicted octanol–water partition coefficient (Wildman–Crippen LogP) is 0.491. The Hall–Kier alpha value is -1.36. The van der Waals surface area contributed by atoms with Gasteiger partial charge in [-0.3, -0.25) is 4.79 Å². The maximum Gasteiger partial charge on any atom is 0.248 e. The van der Waals surface area contributed by atoms with E-state index in [1.165, 1.54) is 6.26 Å². The largest absolute Gasteiger partial charge is 0.366 e. The van der Waals surface area contributed by atoms with Crippen LogP contribution in [0.4, 0.5) is 5.69 Å². The molecule has 1 amide bonds. The van der Waals surface area contributed by atoms with Crippen molar-refractivity contribution < 1.29 is 9.00 Å². The van der Waals surface area contributed by atoms with Crippen molar-refractivity contribution in [2.75, 3.05) is 11.0 Å². The van der Waals surface area contributed by atoms with Crippen LogP contribution >= 0.6 is 0 Å². The SMILES string of the molecule is CS(=O)Nc1cccc(C(N)=O)c1. The van der Waals surface area contributed by atoms with Crippen molar-refractivity contribution in [1.29, 1.82) is 0 Å². The van der Waals surface area contributed by atoms with Gasteiger partial charge in [-0.1, -0.05) is 6.07 Å². The van der Waals surface area contributed by atoms with Crippen LogP contribution in [0.3, 0.4) is 0 Å². The smallest absolute Gasteiger partial charge is 0.248 e. The van der Waals surface area contributed by atoms with Crippen molar-refractivity contribution >= 4 is 22.6 Å². The van der Waals surface area contributed by atoms with Gasteiger partial charge in [0.15, 0.2) is 0 Å². The first-order valence-corrected chi connectivity index (χ1v) is 5.15. The van der Waals surface area contributed by atoms with E-state index in [0.717, 1.165) is 0 Å². The van der Waals surface area contributed by atoms with E-state index >= 15 is 0 Å². The van der Waals surface area contributed by atoms with E-state index in [2.05, 4.69) is 4.72 Å². The molecule has 1 rings (SSSR count). The molecule has 0 radical (unpaired) electrons. The number of nitrogens with two attached hydrogens (primary N) is 1. The molecular weight excluding hydrogens is 188 g/mol. The van der Waals surface area contributed by atoms with Gasteiger partial charge in [0.1, 0.15) is 11.0 Å². The van der Waals surface area contributed by atoms with Crippen LogP contribution < -0.4 is 10.5 Å². The number of nitrogens with one attached hydrogen (secondary N) is 1. The summed E-state index contributed by atoms with van der Waals surface area (Å²) in [5, 5.41) is 0. The molecule has 5 heteroatoms. The lowest BCUT2D eigenvalue weighted by Crippen LogP contribution is -2.11. The second-order valence-corrected chi connectivity index (χ2v) is 3.61. The van der Waals surface area contributed by atoms with Gasteiger partial charge in [-0.05, 0) is 18.2 Å². The van der Waals surface area contributed by atoms with Crippen LogP contribution in [0.25, 0.3) is 0 Å². The van der Waals surface area contributed by atoms with E-state index in [1.54, 1.807) is 24.3 Å². The summed E-state index contributed by atoms with van der Waals surface area (Å²) in [4.78, 5) is 10.8. The van der Waals surface area contributed by atoms with Gasteiger partial charge >= 0.3 is 0 Å². The maximum absolute atomic E-state index is 10.8. The Kier molecular flexibility index (Phi) is 3.02. The molecule has 0 spiro atoms. The number of anilines is 1. The van der Waals surface area contributed by atoms with Gasteiger partial charge in [-0.15, -0.1) is 0 Å². The Bertz CT molecular complexity index is 352. The van der Waals surface area contributed by atoms with Crippen LogP contribution in [0.5, 0.6) is 0 Å². The third-order valence-corrected chi connectivity index (χ3v) is 1.93. The third kappa shape index (κ3) is 2.87. The molecule has 1 atom stereocenters. The molecule has 13 heavy (non-hydrogen) atoms. The first-order chi connectivity index (χ1) is 6.09. The van der Waals surface area contributed by atoms with Crippen molar-refractivity contribution in [3.05, 3.63) is 29.8 Å². The molecule has 1 aromatic carbocycles. The van der Waals surface area contributed by atoms with Gasteiger partial charge in [-0.2, -0.15) is 0 Å². The van der Waals surface area contributed by atoms with Crippen molar-refractivity contribution in [2.45, 2.75) is 0 Å². The lowest BCUT2D eigenvalue weighted by Gasteiger charge is -2.02. The minimum Gasteiger partial charge on any atom is -0.366 e. The highest BCUT2D eigenvalue weighted by atomic mass is 32.2. The van der Waals surface area contributed by atoms with Crippen molar-refractivity contribution in [2.24, 2.45) is 5.73 Å². The molecule has 1 aromatic rings. The van der Waals surface area contributed by atoms with E-state index in [9.17, 15) is 9.00 Å². The minimum absolute atomic E-state index is 0.399. The highest BCUT2D eigenvalue weighted by Crippen LogP contribution is 2.10. The molecule has 0 aliphatic carbocycles. The molecule has 3 N–H and O–H groups in total. The summed E-state index contributed by atoms with van der Waals surface area (Å²) in [5.41, 5.74) is 6.09. The topological polar surface area (TPSA) is 72.2 Å². The summed E-state index contributed by atoms with van der Waals surface area (Å²) < 4.78 is 13.4. The molecule has 0 aliphatic rings. The van der Waals surface area contributed by atoms with Gasteiger partial charge in [-0.25, -0.2) is 4.21 Å². The summed E-state index contributed by atoms with van der Waals surface area (Å²) >= 11 is 0. The number of primary amides is 1. The van der Waals surface area contributed by atoms with Crippen molar-refractivity contribution in [1.82, 2.24) is 0 Å². The molecule has 0 fully saturated rings. The standard InChI is InChI=1S/C8H10N2O2S/c1-13(12)10-7-4-2-3-6(5-7)8(9)11/h2-5,10H,1H3,(H2,9,11). The zero-order valence-electron chi connectivity index (χ0n) is 7.11. The molecule has 70 valence electrons. The van der Waals surface area contributed by atoms with Gasteiger partial charge in [0.25, 0.3) is 0 Å². The number of benzene rings is 1. The predicted molar refractivity (Wildman–Crippen MR) is 52.6 cm³/mol. The Morgan fingerprint density at radius 1 is 1.54 bits per heavy atom. The third-order valence-electron chi connectivity index (χ3n) is 1.41. The van der Waals surface area contributed by atoms with Crippen LogP contribution in [0.1, 0.15) is 10.4 Å². The fraction of sp³-hybridized carbons (Fsp3) is 0.125. The molecule has 0 bridgehead atoms. The van der Waals surface area contributed by atoms with Crippen molar-refractivity contribution in [3.63, 3.8) is 0 Å². The highest BCUT2D eigenvalue weighted by Gasteiger charge is 2.00. The van der Waals surface area contributed by atoms with Gasteiger partial charge in [0, 0.05) is 17.5 Å². The van der Waals surface area contributed by atoms with E-state index in [-0.39, 0.29) is 0 Å². The van der Waals surface area contributed by atoms with Gasteiger partial charge in [0.05, 0.1) is 0 Å². The first-order valence-electron chi connectivity index (χ1n) is 3.59. The Balaban J connectivity index is 2.91. The number of hydrogen-bond donors (Lipinski definition) is 2. The van der Waals surface area contributed by atoms with Crippen LogP contribution in [0.15, 0.2) is 24.3 Å². The second kappa shape index (κ2) is 4.04. The monoisotopic (exact) mass is 198 g/mol. The molecule has 0 aliphatic heterocycles. The van der Waals surface area contributed by atoms with Gasteiger partial charge < -0.3 is 10.5 Å². The van der Waals surface area contributed by atoms with E-state index in [4.69, 9.17) is 5.73 Å². The fourth-order valence-electron chi connectivity index (χ4n) is 0.902. The molecular formula is C8H10N2O2S. The molecule has 0 heterocycles. The highest BCUT2D eigenvalue weighted by molar-refractivity contribution is 7.85. The number of amides is 1. The van der Waals surface area contributed by atoms with Crippen LogP contribution in [0.2, 0.25) is 0 Å². The lowest BCUT2D eigenvalue weighted by atomic mass is 10.2. The van der Waals surface area contributed by atoms with Crippen LogP contribution in [-0.4, -0.2) is 16.4 Å². The Morgan fingerprint density at radius 3 is 2.77 bits per heavy atom. The average molecular weight is 198 g/mol. The molecule has 4 nitrogen and oxygen atoms in total. The molecule has 0 saturated carbocycles. The van der Waals surface area contributed by atoms with E-state index in [1.807, 2.05) is 0 Å². The number of hydrogen-bond acceptors (Lipinski definition) is 2. The summed E-state index contributed by atoms with van der Waals surface area (Å²) in [5.74, 6) is -0.495. The Labute approximate surface area is 78.7 Å². The molecule has 0 aromatic heterocycles. The zero-order valence-corrected chi connectivity index (χ0v) is 7.93. The molecule has 1 unspecified atom stereocenters. The van der Waals surface area contributed by atoms with Crippen molar-refractivity contribution in [3.8, 4) is 0 Å². The van der Waals surface area contributed by atoms with Crippen LogP contribution in [-0.2, 0) is 11.0 Å². The average Bonchev–Trinajstić information content (AvgIpc) is 2.03. The quantitative estimate of drug-likeness (QED) is 0.742. The second-order valence-electron chi connectivity index (χ2n) is 2.50. The van der Waals surface area contributed by atoms with Crippen LogP contribution in [0, 0.1) is 0 Å². The number of carbonyl (C=O) groups is 1. The summed E-state index contributed by atoms with van der Waals surface area (Å²) in [6.07, 6.45) is 1.51. The van der Waals surface area contributed by atoms with Gasteiger partial charge in [0.2, 0.25) is 5.91 Å².